The Morgan fingerprint density at radius 3 is 2.36 bits per heavy atom. The van der Waals surface area contributed by atoms with Crippen molar-refractivity contribution in [3.63, 3.8) is 0 Å². The van der Waals surface area contributed by atoms with Crippen LogP contribution in [0.3, 0.4) is 0 Å². The highest BCUT2D eigenvalue weighted by Crippen LogP contribution is 2.33. The number of anilines is 1. The summed E-state index contributed by atoms with van der Waals surface area (Å²) < 4.78 is 5.17. The first-order valence-corrected chi connectivity index (χ1v) is 10.2. The van der Waals surface area contributed by atoms with Crippen molar-refractivity contribution < 1.29 is 9.53 Å². The van der Waals surface area contributed by atoms with Crippen molar-refractivity contribution in [1.29, 1.82) is 0 Å². The van der Waals surface area contributed by atoms with Crippen LogP contribution >= 0.6 is 11.8 Å². The molecule has 0 unspecified atom stereocenters. The zero-order chi connectivity index (χ0) is 19.5. The molecule has 0 N–H and O–H groups in total. The van der Waals surface area contributed by atoms with Gasteiger partial charge in [-0.1, -0.05) is 12.1 Å². The quantitative estimate of drug-likeness (QED) is 0.716. The monoisotopic (exact) mass is 393 g/mol. The number of hydrogen-bond donors (Lipinski definition) is 0. The number of hydrogen-bond acceptors (Lipinski definition) is 5. The summed E-state index contributed by atoms with van der Waals surface area (Å²) in [6.07, 6.45) is 4.47. The van der Waals surface area contributed by atoms with Gasteiger partial charge in [-0.2, -0.15) is 0 Å². The summed E-state index contributed by atoms with van der Waals surface area (Å²) in [6.45, 7) is 2.26. The Bertz CT molecular complexity index is 914. The largest absolute Gasteiger partial charge is 0.497 e. The maximum Gasteiger partial charge on any atom is 0.266 e. The number of aliphatic imine (C=N–C) groups is 1. The number of carbonyl (C=O) groups is 1. The van der Waals surface area contributed by atoms with Crippen molar-refractivity contribution in [3.8, 4) is 5.75 Å². The average molecular weight is 394 g/mol. The minimum Gasteiger partial charge on any atom is -0.497 e. The molecule has 2 aromatic carbocycles. The van der Waals surface area contributed by atoms with Gasteiger partial charge in [-0.25, -0.2) is 4.99 Å². The molecule has 5 nitrogen and oxygen atoms in total. The van der Waals surface area contributed by atoms with Gasteiger partial charge in [0.15, 0.2) is 5.17 Å². The van der Waals surface area contributed by atoms with Crippen LogP contribution in [0, 0.1) is 0 Å². The molecule has 2 heterocycles. The fourth-order valence-electron chi connectivity index (χ4n) is 3.33. The van der Waals surface area contributed by atoms with E-state index in [1.54, 1.807) is 19.1 Å². The van der Waals surface area contributed by atoms with Crippen LogP contribution in [0.1, 0.15) is 18.4 Å². The van der Waals surface area contributed by atoms with Gasteiger partial charge < -0.3 is 9.64 Å². The number of amidine groups is 1. The molecule has 0 aromatic heterocycles. The van der Waals surface area contributed by atoms with Crippen molar-refractivity contribution in [2.24, 2.45) is 4.99 Å². The SMILES string of the molecule is COc1ccc(N=C2S/C(=C\c3ccc(N4CCCC4)cc3)C(=O)N2C)cc1. The van der Waals surface area contributed by atoms with Gasteiger partial charge in [0.1, 0.15) is 5.75 Å². The van der Waals surface area contributed by atoms with Crippen molar-refractivity contribution >= 4 is 40.3 Å². The second-order valence-corrected chi connectivity index (χ2v) is 7.86. The molecule has 2 saturated heterocycles. The molecule has 2 aliphatic heterocycles. The number of carbonyl (C=O) groups excluding carboxylic acids is 1. The van der Waals surface area contributed by atoms with Gasteiger partial charge in [0.2, 0.25) is 0 Å². The van der Waals surface area contributed by atoms with E-state index in [-0.39, 0.29) is 5.91 Å². The summed E-state index contributed by atoms with van der Waals surface area (Å²) in [7, 11) is 3.39. The molecule has 6 heteroatoms. The topological polar surface area (TPSA) is 45.1 Å². The third-order valence-corrected chi connectivity index (χ3v) is 6.02. The molecule has 0 saturated carbocycles. The molecule has 2 fully saturated rings. The Morgan fingerprint density at radius 1 is 1.04 bits per heavy atom. The van der Waals surface area contributed by atoms with Gasteiger partial charge in [-0.3, -0.25) is 9.69 Å². The lowest BCUT2D eigenvalue weighted by atomic mass is 10.2. The number of benzene rings is 2. The van der Waals surface area contributed by atoms with E-state index in [1.807, 2.05) is 30.3 Å². The minimum absolute atomic E-state index is 0.0270. The van der Waals surface area contributed by atoms with E-state index in [2.05, 4.69) is 34.2 Å². The van der Waals surface area contributed by atoms with E-state index in [4.69, 9.17) is 4.74 Å². The van der Waals surface area contributed by atoms with Gasteiger partial charge in [0.05, 0.1) is 17.7 Å². The van der Waals surface area contributed by atoms with Crippen LogP contribution in [0.25, 0.3) is 6.08 Å². The molecule has 0 spiro atoms. The van der Waals surface area contributed by atoms with Crippen LogP contribution in [0.2, 0.25) is 0 Å². The lowest BCUT2D eigenvalue weighted by molar-refractivity contribution is -0.121. The number of amides is 1. The Labute approximate surface area is 169 Å². The summed E-state index contributed by atoms with van der Waals surface area (Å²) in [5, 5.41) is 0.676. The summed E-state index contributed by atoms with van der Waals surface area (Å²) in [6, 6.07) is 15.9. The van der Waals surface area contributed by atoms with Gasteiger partial charge in [0.25, 0.3) is 5.91 Å². The number of nitrogens with zero attached hydrogens (tertiary/aromatic N) is 3. The summed E-state index contributed by atoms with van der Waals surface area (Å²) in [4.78, 5) is 21.9. The Kier molecular flexibility index (Phi) is 5.39. The van der Waals surface area contributed by atoms with Crippen LogP contribution in [0.5, 0.6) is 5.75 Å². The molecule has 0 bridgehead atoms. The highest BCUT2D eigenvalue weighted by atomic mass is 32.2. The van der Waals surface area contributed by atoms with Crippen molar-refractivity contribution in [2.45, 2.75) is 12.8 Å². The number of thioether (sulfide) groups is 1. The third kappa shape index (κ3) is 3.92. The van der Waals surface area contributed by atoms with Gasteiger partial charge in [-0.15, -0.1) is 0 Å². The highest BCUT2D eigenvalue weighted by Gasteiger charge is 2.30. The Morgan fingerprint density at radius 2 is 1.71 bits per heavy atom. The van der Waals surface area contributed by atoms with E-state index in [0.29, 0.717) is 10.1 Å². The third-order valence-electron chi connectivity index (χ3n) is 4.96. The molecule has 1 amide bonds. The van der Waals surface area contributed by atoms with Crippen molar-refractivity contribution in [1.82, 2.24) is 4.90 Å². The zero-order valence-corrected chi connectivity index (χ0v) is 16.9. The van der Waals surface area contributed by atoms with Crippen LogP contribution in [0.15, 0.2) is 58.4 Å². The molecule has 28 heavy (non-hydrogen) atoms. The molecule has 2 aliphatic rings. The molecule has 4 rings (SSSR count). The second-order valence-electron chi connectivity index (χ2n) is 6.85. The Hall–Kier alpha value is -2.73. The molecular weight excluding hydrogens is 370 g/mol. The van der Waals surface area contributed by atoms with E-state index >= 15 is 0 Å². The normalized spacial score (nSPS) is 19.9. The lowest BCUT2D eigenvalue weighted by Gasteiger charge is -2.17. The van der Waals surface area contributed by atoms with Crippen molar-refractivity contribution in [3.05, 3.63) is 59.0 Å². The van der Waals surface area contributed by atoms with Crippen LogP contribution in [-0.4, -0.2) is 43.2 Å². The van der Waals surface area contributed by atoms with Crippen LogP contribution < -0.4 is 9.64 Å². The van der Waals surface area contributed by atoms with E-state index < -0.39 is 0 Å². The first-order valence-electron chi connectivity index (χ1n) is 9.39. The predicted molar refractivity (Wildman–Crippen MR) is 116 cm³/mol. The number of methoxy groups -OCH3 is 1. The van der Waals surface area contributed by atoms with Crippen LogP contribution in [-0.2, 0) is 4.79 Å². The molecule has 2 aromatic rings. The van der Waals surface area contributed by atoms with E-state index in [9.17, 15) is 4.79 Å². The van der Waals surface area contributed by atoms with Crippen molar-refractivity contribution in [2.75, 3.05) is 32.1 Å². The molecular formula is C22H23N3O2S. The molecule has 144 valence electrons. The smallest absolute Gasteiger partial charge is 0.266 e. The predicted octanol–water partition coefficient (Wildman–Crippen LogP) is 4.53. The zero-order valence-electron chi connectivity index (χ0n) is 16.1. The van der Waals surface area contributed by atoms with Crippen LogP contribution in [0.4, 0.5) is 11.4 Å². The summed E-state index contributed by atoms with van der Waals surface area (Å²) in [5.41, 5.74) is 3.07. The van der Waals surface area contributed by atoms with Gasteiger partial charge >= 0.3 is 0 Å². The van der Waals surface area contributed by atoms with E-state index in [0.717, 1.165) is 30.1 Å². The highest BCUT2D eigenvalue weighted by molar-refractivity contribution is 8.18. The fourth-order valence-corrected chi connectivity index (χ4v) is 4.31. The maximum absolute atomic E-state index is 12.6. The molecule has 0 atom stereocenters. The minimum atomic E-state index is -0.0270. The lowest BCUT2D eigenvalue weighted by Crippen LogP contribution is -2.23. The first kappa shape index (κ1) is 18.6. The van der Waals surface area contributed by atoms with E-state index in [1.165, 1.54) is 30.3 Å². The maximum atomic E-state index is 12.6. The Balaban J connectivity index is 1.51. The fraction of sp³-hybridized carbons (Fsp3) is 0.273. The molecule has 0 radical (unpaired) electrons. The summed E-state index contributed by atoms with van der Waals surface area (Å²) in [5.74, 6) is 0.756. The molecule has 0 aliphatic carbocycles. The second kappa shape index (κ2) is 8.10. The number of rotatable bonds is 4. The number of ether oxygens (including phenoxy) is 1. The van der Waals surface area contributed by atoms with Gasteiger partial charge in [0, 0.05) is 25.8 Å². The number of likely N-dealkylation sites (N-methyl/N-ethyl adjacent to an activating group) is 1. The first-order chi connectivity index (χ1) is 13.6. The standard InChI is InChI=1S/C22H23N3O2S/c1-24-21(26)20(28-22(24)23-17-7-11-19(27-2)12-8-17)15-16-5-9-18(10-6-16)25-13-3-4-14-25/h5-12,15H,3-4,13-14H2,1-2H3/b20-15-,23-22?. The average Bonchev–Trinajstić information content (AvgIpc) is 3.35. The summed E-state index contributed by atoms with van der Waals surface area (Å²) >= 11 is 1.40. The van der Waals surface area contributed by atoms with Gasteiger partial charge in [-0.05, 0) is 72.6 Å².